The molecule has 1 fully saturated rings. The van der Waals surface area contributed by atoms with E-state index in [9.17, 15) is 4.79 Å². The maximum absolute atomic E-state index is 12.6. The summed E-state index contributed by atoms with van der Waals surface area (Å²) in [6.07, 6.45) is 2.02. The molecular weight excluding hydrogens is 356 g/mol. The summed E-state index contributed by atoms with van der Waals surface area (Å²) in [6, 6.07) is 18.9. The maximum atomic E-state index is 12.6. The Morgan fingerprint density at radius 2 is 1.56 bits per heavy atom. The fraction of sp³-hybridized carbons (Fsp3) is 0.435. The third-order valence-electron chi connectivity index (χ3n) is 5.44. The Labute approximate surface area is 167 Å². The van der Waals surface area contributed by atoms with Crippen molar-refractivity contribution in [3.05, 3.63) is 70.7 Å². The molecule has 144 valence electrons. The van der Waals surface area contributed by atoms with Crippen LogP contribution >= 0.6 is 11.6 Å². The molecule has 0 bridgehead atoms. The van der Waals surface area contributed by atoms with Gasteiger partial charge < -0.3 is 4.90 Å². The molecule has 1 aliphatic heterocycles. The Hall–Kier alpha value is -1.84. The molecule has 4 heteroatoms. The molecule has 1 aliphatic rings. The minimum absolute atomic E-state index is 0.128. The summed E-state index contributed by atoms with van der Waals surface area (Å²) in [5.74, 6) is 0.432. The number of hydrogen-bond acceptors (Lipinski definition) is 2. The van der Waals surface area contributed by atoms with Gasteiger partial charge in [-0.25, -0.2) is 0 Å². The zero-order valence-electron chi connectivity index (χ0n) is 16.3. The summed E-state index contributed by atoms with van der Waals surface area (Å²) in [5, 5.41) is 0.755. The fourth-order valence-electron chi connectivity index (χ4n) is 3.96. The first kappa shape index (κ1) is 19.9. The first-order valence-corrected chi connectivity index (χ1v) is 10.3. The van der Waals surface area contributed by atoms with E-state index in [-0.39, 0.29) is 12.0 Å². The van der Waals surface area contributed by atoms with E-state index in [0.29, 0.717) is 5.91 Å². The van der Waals surface area contributed by atoms with Crippen molar-refractivity contribution in [2.75, 3.05) is 26.2 Å². The Kier molecular flexibility index (Phi) is 6.92. The molecule has 1 saturated heterocycles. The van der Waals surface area contributed by atoms with Crippen LogP contribution in [-0.2, 0) is 4.79 Å². The van der Waals surface area contributed by atoms with E-state index in [1.54, 1.807) is 0 Å². The average molecular weight is 385 g/mol. The SMILES string of the molecule is CCC[C@@H](C)C(=O)N1CCN([C@@H](c2ccccc2)c2ccc(Cl)cc2)CC1. The number of hydrogen-bond donors (Lipinski definition) is 0. The molecule has 0 aromatic heterocycles. The van der Waals surface area contributed by atoms with E-state index >= 15 is 0 Å². The van der Waals surface area contributed by atoms with E-state index in [2.05, 4.69) is 55.1 Å². The summed E-state index contributed by atoms with van der Waals surface area (Å²) >= 11 is 6.10. The smallest absolute Gasteiger partial charge is 0.225 e. The third kappa shape index (κ3) is 4.91. The first-order valence-electron chi connectivity index (χ1n) is 9.93. The first-order chi connectivity index (χ1) is 13.1. The number of rotatable bonds is 6. The van der Waals surface area contributed by atoms with Crippen molar-refractivity contribution < 1.29 is 4.79 Å². The molecule has 0 N–H and O–H groups in total. The highest BCUT2D eigenvalue weighted by atomic mass is 35.5. The highest BCUT2D eigenvalue weighted by molar-refractivity contribution is 6.30. The van der Waals surface area contributed by atoms with Crippen molar-refractivity contribution in [1.82, 2.24) is 9.80 Å². The predicted molar refractivity (Wildman–Crippen MR) is 112 cm³/mol. The zero-order valence-corrected chi connectivity index (χ0v) is 17.0. The molecule has 1 amide bonds. The second-order valence-electron chi connectivity index (χ2n) is 7.42. The Morgan fingerprint density at radius 1 is 0.963 bits per heavy atom. The van der Waals surface area contributed by atoms with Gasteiger partial charge in [0.25, 0.3) is 0 Å². The van der Waals surface area contributed by atoms with Gasteiger partial charge in [-0.2, -0.15) is 0 Å². The van der Waals surface area contributed by atoms with Gasteiger partial charge in [0.2, 0.25) is 5.91 Å². The lowest BCUT2D eigenvalue weighted by Crippen LogP contribution is -2.51. The topological polar surface area (TPSA) is 23.6 Å². The average Bonchev–Trinajstić information content (AvgIpc) is 2.71. The van der Waals surface area contributed by atoms with E-state index in [4.69, 9.17) is 11.6 Å². The van der Waals surface area contributed by atoms with Crippen LogP contribution in [-0.4, -0.2) is 41.9 Å². The van der Waals surface area contributed by atoms with Crippen molar-refractivity contribution in [3.63, 3.8) is 0 Å². The molecule has 0 unspecified atom stereocenters. The minimum atomic E-state index is 0.128. The van der Waals surface area contributed by atoms with Crippen LogP contribution in [0.15, 0.2) is 54.6 Å². The third-order valence-corrected chi connectivity index (χ3v) is 5.69. The molecule has 2 aromatic rings. The fourth-order valence-corrected chi connectivity index (χ4v) is 4.09. The standard InChI is InChI=1S/C23H29ClN2O/c1-3-7-18(2)23(27)26-16-14-25(15-17-26)22(19-8-5-4-6-9-19)20-10-12-21(24)13-11-20/h4-6,8-13,18,22H,3,7,14-17H2,1-2H3/t18-,22+/m1/s1. The van der Waals surface area contributed by atoms with Gasteiger partial charge in [-0.1, -0.05) is 74.3 Å². The van der Waals surface area contributed by atoms with Crippen LogP contribution in [0.25, 0.3) is 0 Å². The number of piperazine rings is 1. The van der Waals surface area contributed by atoms with Crippen LogP contribution in [0.5, 0.6) is 0 Å². The highest BCUT2D eigenvalue weighted by Crippen LogP contribution is 2.30. The lowest BCUT2D eigenvalue weighted by Gasteiger charge is -2.40. The van der Waals surface area contributed by atoms with Crippen molar-refractivity contribution in [2.24, 2.45) is 5.92 Å². The van der Waals surface area contributed by atoms with E-state index < -0.39 is 0 Å². The van der Waals surface area contributed by atoms with Gasteiger partial charge in [0.15, 0.2) is 0 Å². The largest absolute Gasteiger partial charge is 0.340 e. The molecule has 0 saturated carbocycles. The highest BCUT2D eigenvalue weighted by Gasteiger charge is 2.29. The molecule has 2 atom stereocenters. The number of nitrogens with zero attached hydrogens (tertiary/aromatic N) is 2. The van der Waals surface area contributed by atoms with Gasteiger partial charge in [0.05, 0.1) is 6.04 Å². The Bertz CT molecular complexity index is 724. The molecule has 0 spiro atoms. The second-order valence-corrected chi connectivity index (χ2v) is 7.85. The Balaban J connectivity index is 1.75. The van der Waals surface area contributed by atoms with E-state index in [1.807, 2.05) is 23.1 Å². The molecule has 0 radical (unpaired) electrons. The van der Waals surface area contributed by atoms with Crippen molar-refractivity contribution >= 4 is 17.5 Å². The van der Waals surface area contributed by atoms with Gasteiger partial charge in [-0.05, 0) is 29.7 Å². The summed E-state index contributed by atoms with van der Waals surface area (Å²) in [5.41, 5.74) is 2.52. The summed E-state index contributed by atoms with van der Waals surface area (Å²) in [4.78, 5) is 17.2. The molecular formula is C23H29ClN2O. The number of halogens is 1. The van der Waals surface area contributed by atoms with Crippen molar-refractivity contribution in [2.45, 2.75) is 32.7 Å². The van der Waals surface area contributed by atoms with E-state index in [1.165, 1.54) is 11.1 Å². The molecule has 2 aromatic carbocycles. The van der Waals surface area contributed by atoms with Gasteiger partial charge in [-0.3, -0.25) is 9.69 Å². The molecule has 3 nitrogen and oxygen atoms in total. The van der Waals surface area contributed by atoms with Crippen LogP contribution in [0.4, 0.5) is 0 Å². The number of carbonyl (C=O) groups excluding carboxylic acids is 1. The normalized spacial score (nSPS) is 17.5. The summed E-state index contributed by atoms with van der Waals surface area (Å²) in [6.45, 7) is 7.55. The van der Waals surface area contributed by atoms with Gasteiger partial charge >= 0.3 is 0 Å². The lowest BCUT2D eigenvalue weighted by atomic mass is 9.96. The number of benzene rings is 2. The molecule has 3 rings (SSSR count). The summed E-state index contributed by atoms with van der Waals surface area (Å²) in [7, 11) is 0. The van der Waals surface area contributed by atoms with E-state index in [0.717, 1.165) is 44.0 Å². The van der Waals surface area contributed by atoms with Crippen LogP contribution in [0.2, 0.25) is 5.02 Å². The molecule has 1 heterocycles. The monoisotopic (exact) mass is 384 g/mol. The van der Waals surface area contributed by atoms with Gasteiger partial charge in [0.1, 0.15) is 0 Å². The van der Waals surface area contributed by atoms with Crippen molar-refractivity contribution in [1.29, 1.82) is 0 Å². The Morgan fingerprint density at radius 3 is 2.15 bits per heavy atom. The number of amides is 1. The maximum Gasteiger partial charge on any atom is 0.225 e. The lowest BCUT2D eigenvalue weighted by molar-refractivity contribution is -0.137. The summed E-state index contributed by atoms with van der Waals surface area (Å²) < 4.78 is 0. The van der Waals surface area contributed by atoms with Gasteiger partial charge in [0, 0.05) is 37.1 Å². The van der Waals surface area contributed by atoms with Gasteiger partial charge in [-0.15, -0.1) is 0 Å². The van der Waals surface area contributed by atoms with Crippen LogP contribution < -0.4 is 0 Å². The van der Waals surface area contributed by atoms with Crippen molar-refractivity contribution in [3.8, 4) is 0 Å². The quantitative estimate of drug-likeness (QED) is 0.698. The zero-order chi connectivity index (χ0) is 19.2. The molecule has 0 aliphatic carbocycles. The van der Waals surface area contributed by atoms with Crippen LogP contribution in [0, 0.1) is 5.92 Å². The van der Waals surface area contributed by atoms with Crippen LogP contribution in [0.3, 0.4) is 0 Å². The second kappa shape index (κ2) is 9.38. The number of carbonyl (C=O) groups is 1. The predicted octanol–water partition coefficient (Wildman–Crippen LogP) is 5.01. The van der Waals surface area contributed by atoms with Crippen LogP contribution in [0.1, 0.15) is 43.9 Å². The molecule has 27 heavy (non-hydrogen) atoms. The minimum Gasteiger partial charge on any atom is -0.340 e.